The third-order valence-electron chi connectivity index (χ3n) is 7.32. The van der Waals surface area contributed by atoms with E-state index in [0.29, 0.717) is 43.9 Å². The standard InChI is InChI=1S/C27H31F3N6O2/c28-27(29,30)26-32-16-18(17-33-26)23(35-12-14-38-15-13-35)5-6-24(37)21-2-1-3-22-20(21)4-7-25(34-22)36-10-8-19(31)9-11-36/h1-4,7,16-17,19,23H,5-6,8-15,31H2. The number of nitrogens with zero attached hydrogens (tertiary/aromatic N) is 5. The molecule has 11 heteroatoms. The summed E-state index contributed by atoms with van der Waals surface area (Å²) in [6.45, 7) is 3.98. The highest BCUT2D eigenvalue weighted by atomic mass is 19.4. The first-order chi connectivity index (χ1) is 18.3. The van der Waals surface area contributed by atoms with E-state index in [1.807, 2.05) is 24.3 Å². The summed E-state index contributed by atoms with van der Waals surface area (Å²) in [4.78, 5) is 29.6. The first-order valence-electron chi connectivity index (χ1n) is 12.9. The summed E-state index contributed by atoms with van der Waals surface area (Å²) in [5.74, 6) is -0.336. The second-order valence-corrected chi connectivity index (χ2v) is 9.83. The van der Waals surface area contributed by atoms with Gasteiger partial charge in [0.15, 0.2) is 5.78 Å². The highest BCUT2D eigenvalue weighted by molar-refractivity contribution is 6.07. The number of morpholine rings is 1. The number of benzene rings is 1. The Labute approximate surface area is 219 Å². The quantitative estimate of drug-likeness (QED) is 0.460. The molecule has 2 saturated heterocycles. The molecule has 3 aromatic rings. The molecule has 2 aliphatic heterocycles. The number of nitrogens with two attached hydrogens (primary N) is 1. The number of aromatic nitrogens is 3. The molecule has 0 aliphatic carbocycles. The van der Waals surface area contributed by atoms with Gasteiger partial charge in [-0.2, -0.15) is 13.2 Å². The van der Waals surface area contributed by atoms with Crippen LogP contribution in [0.4, 0.5) is 19.0 Å². The summed E-state index contributed by atoms with van der Waals surface area (Å²) in [5.41, 5.74) is 7.93. The average molecular weight is 529 g/mol. The van der Waals surface area contributed by atoms with E-state index in [0.717, 1.165) is 42.7 Å². The number of rotatable bonds is 7. The molecule has 0 saturated carbocycles. The molecule has 1 atom stereocenters. The fraction of sp³-hybridized carbons (Fsp3) is 0.481. The fourth-order valence-corrected chi connectivity index (χ4v) is 5.20. The van der Waals surface area contributed by atoms with Gasteiger partial charge >= 0.3 is 6.18 Å². The number of halogens is 3. The molecule has 8 nitrogen and oxygen atoms in total. The fourth-order valence-electron chi connectivity index (χ4n) is 5.20. The van der Waals surface area contributed by atoms with Gasteiger partial charge in [-0.3, -0.25) is 9.69 Å². The first-order valence-corrected chi connectivity index (χ1v) is 12.9. The molecule has 1 aromatic carbocycles. The van der Waals surface area contributed by atoms with E-state index in [2.05, 4.69) is 19.8 Å². The Morgan fingerprint density at radius 1 is 1.05 bits per heavy atom. The number of alkyl halides is 3. The minimum atomic E-state index is -4.61. The smallest absolute Gasteiger partial charge is 0.379 e. The molecule has 0 amide bonds. The minimum Gasteiger partial charge on any atom is -0.379 e. The monoisotopic (exact) mass is 528 g/mol. The number of anilines is 1. The molecule has 202 valence electrons. The largest absolute Gasteiger partial charge is 0.451 e. The number of carbonyl (C=O) groups excluding carboxylic acids is 1. The topological polar surface area (TPSA) is 97.5 Å². The second-order valence-electron chi connectivity index (χ2n) is 9.83. The van der Waals surface area contributed by atoms with Crippen LogP contribution in [0.2, 0.25) is 0 Å². The minimum absolute atomic E-state index is 0.0415. The van der Waals surface area contributed by atoms with Crippen LogP contribution >= 0.6 is 0 Å². The maximum atomic E-state index is 13.4. The van der Waals surface area contributed by atoms with Gasteiger partial charge < -0.3 is 15.4 Å². The van der Waals surface area contributed by atoms with Crippen molar-refractivity contribution in [1.82, 2.24) is 19.9 Å². The van der Waals surface area contributed by atoms with Crippen LogP contribution < -0.4 is 10.6 Å². The lowest BCUT2D eigenvalue weighted by molar-refractivity contribution is -0.145. The Balaban J connectivity index is 1.34. The van der Waals surface area contributed by atoms with Crippen LogP contribution in [0.5, 0.6) is 0 Å². The van der Waals surface area contributed by atoms with Gasteiger partial charge in [0.05, 0.1) is 18.7 Å². The van der Waals surface area contributed by atoms with Gasteiger partial charge in [-0.25, -0.2) is 15.0 Å². The normalized spacial score (nSPS) is 18.6. The molecular weight excluding hydrogens is 497 g/mol. The molecule has 2 aliphatic rings. The molecule has 0 spiro atoms. The molecule has 5 rings (SSSR count). The van der Waals surface area contributed by atoms with Crippen molar-refractivity contribution in [1.29, 1.82) is 0 Å². The number of piperidine rings is 1. The maximum Gasteiger partial charge on any atom is 0.451 e. The number of fused-ring (bicyclic) bond motifs is 1. The SMILES string of the molecule is NC1CCN(c2ccc3c(C(=O)CCC(c4cnc(C(F)(F)F)nc4)N4CCOCC4)cccc3n2)CC1. The van der Waals surface area contributed by atoms with Crippen LogP contribution in [0, 0.1) is 0 Å². The first kappa shape index (κ1) is 26.5. The van der Waals surface area contributed by atoms with Crippen LogP contribution in [0.25, 0.3) is 10.9 Å². The molecule has 38 heavy (non-hydrogen) atoms. The Morgan fingerprint density at radius 3 is 2.45 bits per heavy atom. The van der Waals surface area contributed by atoms with Crippen LogP contribution in [0.1, 0.15) is 53.5 Å². The Bertz CT molecular complexity index is 1260. The second kappa shape index (κ2) is 11.3. The lowest BCUT2D eigenvalue weighted by atomic mass is 9.96. The molecule has 4 heterocycles. The third kappa shape index (κ3) is 5.95. The molecule has 2 fully saturated rings. The Morgan fingerprint density at radius 2 is 1.76 bits per heavy atom. The summed E-state index contributed by atoms with van der Waals surface area (Å²) in [5, 5.41) is 0.788. The van der Waals surface area contributed by atoms with Gasteiger partial charge in [0.2, 0.25) is 5.82 Å². The van der Waals surface area contributed by atoms with Gasteiger partial charge in [0.1, 0.15) is 5.82 Å². The highest BCUT2D eigenvalue weighted by Gasteiger charge is 2.35. The Hall–Kier alpha value is -3.15. The lowest BCUT2D eigenvalue weighted by Crippen LogP contribution is -2.40. The zero-order valence-corrected chi connectivity index (χ0v) is 21.0. The van der Waals surface area contributed by atoms with E-state index in [1.54, 1.807) is 6.07 Å². The average Bonchev–Trinajstić information content (AvgIpc) is 2.93. The van der Waals surface area contributed by atoms with Crippen molar-refractivity contribution in [3.63, 3.8) is 0 Å². The van der Waals surface area contributed by atoms with Gasteiger partial charge in [0.25, 0.3) is 0 Å². The number of pyridine rings is 1. The van der Waals surface area contributed by atoms with E-state index in [1.165, 1.54) is 12.4 Å². The number of ether oxygens (including phenoxy) is 1. The summed E-state index contributed by atoms with van der Waals surface area (Å²) in [7, 11) is 0. The summed E-state index contributed by atoms with van der Waals surface area (Å²) in [6, 6.07) is 9.37. The van der Waals surface area contributed by atoms with Crippen molar-refractivity contribution < 1.29 is 22.7 Å². The van der Waals surface area contributed by atoms with Crippen LogP contribution in [-0.2, 0) is 10.9 Å². The van der Waals surface area contributed by atoms with Crippen LogP contribution in [0.3, 0.4) is 0 Å². The van der Waals surface area contributed by atoms with Crippen molar-refractivity contribution >= 4 is 22.5 Å². The predicted octanol–water partition coefficient (Wildman–Crippen LogP) is 4.01. The van der Waals surface area contributed by atoms with Crippen LogP contribution in [-0.4, -0.2) is 71.1 Å². The van der Waals surface area contributed by atoms with Crippen LogP contribution in [0.15, 0.2) is 42.7 Å². The van der Waals surface area contributed by atoms with E-state index in [4.69, 9.17) is 15.5 Å². The zero-order chi connectivity index (χ0) is 26.7. The molecule has 1 unspecified atom stereocenters. The number of hydrogen-bond donors (Lipinski definition) is 1. The molecule has 2 N–H and O–H groups in total. The molecule has 0 radical (unpaired) electrons. The van der Waals surface area contributed by atoms with E-state index in [9.17, 15) is 18.0 Å². The van der Waals surface area contributed by atoms with Crippen molar-refractivity contribution in [3.05, 3.63) is 59.7 Å². The maximum absolute atomic E-state index is 13.4. The van der Waals surface area contributed by atoms with Crippen molar-refractivity contribution in [2.45, 2.75) is 43.9 Å². The highest BCUT2D eigenvalue weighted by Crippen LogP contribution is 2.31. The number of ketones is 1. The van der Waals surface area contributed by atoms with Crippen molar-refractivity contribution in [2.24, 2.45) is 5.73 Å². The summed E-state index contributed by atoms with van der Waals surface area (Å²) in [6.07, 6.45) is 0.317. The van der Waals surface area contributed by atoms with E-state index in [-0.39, 0.29) is 24.3 Å². The number of hydrogen-bond acceptors (Lipinski definition) is 8. The van der Waals surface area contributed by atoms with Crippen molar-refractivity contribution in [2.75, 3.05) is 44.3 Å². The molecular formula is C27H31F3N6O2. The van der Waals surface area contributed by atoms with Gasteiger partial charge in [0, 0.05) is 73.6 Å². The predicted molar refractivity (Wildman–Crippen MR) is 137 cm³/mol. The zero-order valence-electron chi connectivity index (χ0n) is 21.0. The van der Waals surface area contributed by atoms with E-state index >= 15 is 0 Å². The number of Topliss-reactive ketones (excluding diaryl/α,β-unsaturated/α-hetero) is 1. The summed E-state index contributed by atoms with van der Waals surface area (Å²) >= 11 is 0. The van der Waals surface area contributed by atoms with Crippen molar-refractivity contribution in [3.8, 4) is 0 Å². The number of carbonyl (C=O) groups is 1. The Kier molecular flexibility index (Phi) is 7.87. The third-order valence-corrected chi connectivity index (χ3v) is 7.32. The summed E-state index contributed by atoms with van der Waals surface area (Å²) < 4.78 is 44.4. The van der Waals surface area contributed by atoms with Gasteiger partial charge in [-0.15, -0.1) is 0 Å². The molecule has 2 aromatic heterocycles. The lowest BCUT2D eigenvalue weighted by Gasteiger charge is -2.34. The van der Waals surface area contributed by atoms with Gasteiger partial charge in [-0.05, 0) is 37.5 Å². The van der Waals surface area contributed by atoms with E-state index < -0.39 is 12.0 Å². The molecule has 0 bridgehead atoms. The van der Waals surface area contributed by atoms with Gasteiger partial charge in [-0.1, -0.05) is 12.1 Å².